The van der Waals surface area contributed by atoms with E-state index >= 15 is 0 Å². The van der Waals surface area contributed by atoms with Crippen molar-refractivity contribution in [1.82, 2.24) is 14.7 Å². The molecular formula is C15H34N4. The summed E-state index contributed by atoms with van der Waals surface area (Å²) in [5.74, 6) is 0. The summed E-state index contributed by atoms with van der Waals surface area (Å²) in [4.78, 5) is 7.47. The predicted molar refractivity (Wildman–Crippen MR) is 83.5 cm³/mol. The molecule has 1 rings (SSSR count). The Kier molecular flexibility index (Phi) is 6.24. The minimum atomic E-state index is 0.175. The molecule has 1 fully saturated rings. The maximum Gasteiger partial charge on any atom is 0.0473 e. The third-order valence-corrected chi connectivity index (χ3v) is 4.58. The number of nitrogens with zero attached hydrogens (tertiary/aromatic N) is 3. The third-order valence-electron chi connectivity index (χ3n) is 4.58. The monoisotopic (exact) mass is 270 g/mol. The molecule has 0 saturated carbocycles. The second-order valence-corrected chi connectivity index (χ2v) is 6.64. The van der Waals surface area contributed by atoms with E-state index in [0.717, 1.165) is 26.2 Å². The fraction of sp³-hybridized carbons (Fsp3) is 1.00. The quantitative estimate of drug-likeness (QED) is 0.751. The van der Waals surface area contributed by atoms with Gasteiger partial charge in [0.2, 0.25) is 0 Å². The lowest BCUT2D eigenvalue weighted by Gasteiger charge is -2.44. The molecule has 19 heavy (non-hydrogen) atoms. The highest BCUT2D eigenvalue weighted by Crippen LogP contribution is 2.30. The van der Waals surface area contributed by atoms with Gasteiger partial charge in [0.05, 0.1) is 0 Å². The van der Waals surface area contributed by atoms with Crippen LogP contribution in [-0.2, 0) is 0 Å². The van der Waals surface area contributed by atoms with Crippen LogP contribution in [0.25, 0.3) is 0 Å². The van der Waals surface area contributed by atoms with Crippen LogP contribution in [0.4, 0.5) is 0 Å². The zero-order valence-electron chi connectivity index (χ0n) is 13.8. The van der Waals surface area contributed by atoms with Crippen LogP contribution in [0.5, 0.6) is 0 Å². The van der Waals surface area contributed by atoms with Crippen molar-refractivity contribution in [2.24, 2.45) is 5.73 Å². The van der Waals surface area contributed by atoms with Crippen molar-refractivity contribution in [3.8, 4) is 0 Å². The Morgan fingerprint density at radius 3 is 2.26 bits per heavy atom. The Morgan fingerprint density at radius 2 is 1.89 bits per heavy atom. The van der Waals surface area contributed by atoms with Gasteiger partial charge in [-0.3, -0.25) is 9.80 Å². The van der Waals surface area contributed by atoms with Crippen LogP contribution in [0.2, 0.25) is 0 Å². The molecule has 114 valence electrons. The Bertz CT molecular complexity index is 267. The standard InChI is InChI=1S/C15H34N4/c1-7-19(14(4)10-17(5)6)15(11-16)8-9-18(12-15)13(2)3/h13-14H,7-12,16H2,1-6H3. The minimum absolute atomic E-state index is 0.175. The van der Waals surface area contributed by atoms with Crippen molar-refractivity contribution in [2.75, 3.05) is 46.8 Å². The van der Waals surface area contributed by atoms with Crippen LogP contribution >= 0.6 is 0 Å². The normalized spacial score (nSPS) is 26.8. The first-order chi connectivity index (χ1) is 8.86. The number of nitrogens with two attached hydrogens (primary N) is 1. The molecule has 0 spiro atoms. The smallest absolute Gasteiger partial charge is 0.0473 e. The van der Waals surface area contributed by atoms with Crippen molar-refractivity contribution in [1.29, 1.82) is 0 Å². The van der Waals surface area contributed by atoms with Gasteiger partial charge in [0.15, 0.2) is 0 Å². The zero-order chi connectivity index (χ0) is 14.6. The third kappa shape index (κ3) is 3.91. The molecule has 0 amide bonds. The number of rotatable bonds is 7. The topological polar surface area (TPSA) is 35.7 Å². The molecule has 1 saturated heterocycles. The van der Waals surface area contributed by atoms with Crippen molar-refractivity contribution in [2.45, 2.75) is 51.7 Å². The van der Waals surface area contributed by atoms with Gasteiger partial charge >= 0.3 is 0 Å². The lowest BCUT2D eigenvalue weighted by atomic mass is 9.94. The lowest BCUT2D eigenvalue weighted by molar-refractivity contribution is 0.0510. The summed E-state index contributed by atoms with van der Waals surface area (Å²) < 4.78 is 0. The van der Waals surface area contributed by atoms with Crippen LogP contribution in [0, 0.1) is 0 Å². The first-order valence-electron chi connectivity index (χ1n) is 7.72. The Labute approximate surface area is 119 Å². The maximum atomic E-state index is 6.19. The molecule has 1 aliphatic rings. The van der Waals surface area contributed by atoms with Crippen molar-refractivity contribution < 1.29 is 0 Å². The van der Waals surface area contributed by atoms with Crippen LogP contribution < -0.4 is 5.73 Å². The summed E-state index contributed by atoms with van der Waals surface area (Å²) in [5.41, 5.74) is 6.37. The van der Waals surface area contributed by atoms with E-state index in [1.54, 1.807) is 0 Å². The molecule has 4 nitrogen and oxygen atoms in total. The fourth-order valence-electron chi connectivity index (χ4n) is 3.59. The molecule has 1 aliphatic heterocycles. The van der Waals surface area contributed by atoms with E-state index in [-0.39, 0.29) is 5.54 Å². The molecule has 0 aromatic carbocycles. The van der Waals surface area contributed by atoms with Gasteiger partial charge in [0, 0.05) is 43.8 Å². The first-order valence-corrected chi connectivity index (χ1v) is 7.72. The second-order valence-electron chi connectivity index (χ2n) is 6.64. The van der Waals surface area contributed by atoms with E-state index in [4.69, 9.17) is 5.73 Å². The van der Waals surface area contributed by atoms with Gasteiger partial charge in [-0.05, 0) is 47.8 Å². The van der Waals surface area contributed by atoms with E-state index in [9.17, 15) is 0 Å². The van der Waals surface area contributed by atoms with Gasteiger partial charge in [-0.25, -0.2) is 0 Å². The fourth-order valence-corrected chi connectivity index (χ4v) is 3.59. The summed E-state index contributed by atoms with van der Waals surface area (Å²) in [6.45, 7) is 14.4. The SMILES string of the molecule is CCN(C(C)CN(C)C)C1(CN)CCN(C(C)C)C1. The van der Waals surface area contributed by atoms with Gasteiger partial charge in [0.25, 0.3) is 0 Å². The molecule has 2 atom stereocenters. The maximum absolute atomic E-state index is 6.19. The molecule has 0 radical (unpaired) electrons. The van der Waals surface area contributed by atoms with Crippen LogP contribution in [0.3, 0.4) is 0 Å². The van der Waals surface area contributed by atoms with Crippen LogP contribution in [0.15, 0.2) is 0 Å². The van der Waals surface area contributed by atoms with Crippen molar-refractivity contribution in [3.63, 3.8) is 0 Å². The van der Waals surface area contributed by atoms with Crippen molar-refractivity contribution >= 4 is 0 Å². The molecule has 0 aromatic heterocycles. The highest BCUT2D eigenvalue weighted by atomic mass is 15.3. The van der Waals surface area contributed by atoms with Gasteiger partial charge in [-0.2, -0.15) is 0 Å². The highest BCUT2D eigenvalue weighted by Gasteiger charge is 2.43. The van der Waals surface area contributed by atoms with Gasteiger partial charge in [-0.1, -0.05) is 6.92 Å². The van der Waals surface area contributed by atoms with Gasteiger partial charge in [0.1, 0.15) is 0 Å². The largest absolute Gasteiger partial charge is 0.329 e. The Morgan fingerprint density at radius 1 is 1.26 bits per heavy atom. The summed E-state index contributed by atoms with van der Waals surface area (Å²) in [5, 5.41) is 0. The van der Waals surface area contributed by atoms with Gasteiger partial charge < -0.3 is 10.6 Å². The van der Waals surface area contributed by atoms with E-state index in [1.165, 1.54) is 13.0 Å². The predicted octanol–water partition coefficient (Wildman–Crippen LogP) is 1.07. The molecule has 2 unspecified atom stereocenters. The summed E-state index contributed by atoms with van der Waals surface area (Å²) in [6.07, 6.45) is 1.20. The van der Waals surface area contributed by atoms with E-state index < -0.39 is 0 Å². The van der Waals surface area contributed by atoms with Crippen LogP contribution in [0.1, 0.15) is 34.1 Å². The van der Waals surface area contributed by atoms with E-state index in [2.05, 4.69) is 56.5 Å². The average Bonchev–Trinajstić information content (AvgIpc) is 2.74. The molecule has 4 heteroatoms. The average molecular weight is 270 g/mol. The summed E-state index contributed by atoms with van der Waals surface area (Å²) >= 11 is 0. The Balaban J connectivity index is 2.81. The molecular weight excluding hydrogens is 236 g/mol. The van der Waals surface area contributed by atoms with E-state index in [1.807, 2.05) is 0 Å². The number of likely N-dealkylation sites (N-methyl/N-ethyl adjacent to an activating group) is 2. The summed E-state index contributed by atoms with van der Waals surface area (Å²) in [7, 11) is 4.29. The number of hydrogen-bond donors (Lipinski definition) is 1. The first kappa shape index (κ1) is 16.9. The summed E-state index contributed by atoms with van der Waals surface area (Å²) in [6, 6.07) is 1.17. The molecule has 0 aromatic rings. The number of hydrogen-bond acceptors (Lipinski definition) is 4. The highest BCUT2D eigenvalue weighted by molar-refractivity contribution is 5.02. The second kappa shape index (κ2) is 7.02. The molecule has 0 bridgehead atoms. The minimum Gasteiger partial charge on any atom is -0.329 e. The van der Waals surface area contributed by atoms with E-state index in [0.29, 0.717) is 12.1 Å². The Hall–Kier alpha value is -0.160. The molecule has 2 N–H and O–H groups in total. The molecule has 1 heterocycles. The van der Waals surface area contributed by atoms with Gasteiger partial charge in [-0.15, -0.1) is 0 Å². The lowest BCUT2D eigenvalue weighted by Crippen LogP contribution is -2.60. The number of likely N-dealkylation sites (tertiary alicyclic amines) is 1. The van der Waals surface area contributed by atoms with Crippen molar-refractivity contribution in [3.05, 3.63) is 0 Å². The zero-order valence-corrected chi connectivity index (χ0v) is 13.8. The van der Waals surface area contributed by atoms with Crippen LogP contribution in [-0.4, -0.2) is 79.1 Å². The molecule has 0 aliphatic carbocycles.